The van der Waals surface area contributed by atoms with Crippen molar-refractivity contribution in [1.82, 2.24) is 14.7 Å². The van der Waals surface area contributed by atoms with Gasteiger partial charge in [0.2, 0.25) is 5.91 Å². The molecule has 0 aliphatic carbocycles. The lowest BCUT2D eigenvalue weighted by atomic mass is 9.91. The fraction of sp³-hybridized carbons (Fsp3) is 0.667. The van der Waals surface area contributed by atoms with Crippen molar-refractivity contribution in [2.45, 2.75) is 32.4 Å². The van der Waals surface area contributed by atoms with Gasteiger partial charge in [0, 0.05) is 19.1 Å². The molecule has 1 fully saturated rings. The minimum atomic E-state index is -0.574. The Morgan fingerprint density at radius 2 is 2.19 bits per heavy atom. The molecular formula is C12H20ClN5O3. The van der Waals surface area contributed by atoms with Crippen molar-refractivity contribution in [2.24, 2.45) is 11.7 Å². The van der Waals surface area contributed by atoms with E-state index in [1.807, 2.05) is 6.92 Å². The van der Waals surface area contributed by atoms with Crippen LogP contribution in [0, 0.1) is 16.0 Å². The molecule has 0 bridgehead atoms. The van der Waals surface area contributed by atoms with Crippen LogP contribution in [0.4, 0.5) is 5.82 Å². The lowest BCUT2D eigenvalue weighted by Crippen LogP contribution is -2.43. The van der Waals surface area contributed by atoms with Gasteiger partial charge in [-0.3, -0.25) is 4.79 Å². The number of hydrogen-bond acceptors (Lipinski definition) is 5. The first-order chi connectivity index (χ1) is 9.47. The molecule has 2 heterocycles. The first-order valence-electron chi connectivity index (χ1n) is 6.68. The van der Waals surface area contributed by atoms with Gasteiger partial charge in [-0.05, 0) is 30.6 Å². The van der Waals surface area contributed by atoms with Crippen LogP contribution in [0.1, 0.15) is 19.8 Å². The van der Waals surface area contributed by atoms with Gasteiger partial charge in [-0.25, -0.2) is 0 Å². The average molecular weight is 318 g/mol. The summed E-state index contributed by atoms with van der Waals surface area (Å²) < 4.78 is 1.30. The number of likely N-dealkylation sites (tertiary alicyclic amines) is 1. The second-order valence-electron chi connectivity index (χ2n) is 5.21. The number of nitrogens with two attached hydrogens (primary N) is 1. The number of carbonyl (C=O) groups excluding carboxylic acids is 1. The number of amides is 1. The predicted octanol–water partition coefficient (Wildman–Crippen LogP) is 0.799. The largest absolute Gasteiger partial charge is 0.389 e. The van der Waals surface area contributed by atoms with Crippen LogP contribution >= 0.6 is 12.4 Å². The number of aromatic nitrogens is 2. The molecule has 1 aliphatic heterocycles. The van der Waals surface area contributed by atoms with E-state index in [9.17, 15) is 14.9 Å². The van der Waals surface area contributed by atoms with Crippen molar-refractivity contribution in [1.29, 1.82) is 0 Å². The van der Waals surface area contributed by atoms with Crippen molar-refractivity contribution in [3.8, 4) is 0 Å². The highest BCUT2D eigenvalue weighted by Crippen LogP contribution is 2.19. The lowest BCUT2D eigenvalue weighted by Gasteiger charge is -2.33. The van der Waals surface area contributed by atoms with Gasteiger partial charge in [-0.2, -0.15) is 4.68 Å². The van der Waals surface area contributed by atoms with Crippen LogP contribution in [-0.2, 0) is 11.3 Å². The molecule has 0 saturated carbocycles. The molecule has 0 spiro atoms. The van der Waals surface area contributed by atoms with E-state index in [1.165, 1.54) is 16.9 Å². The minimum absolute atomic E-state index is 0. The second kappa shape index (κ2) is 7.37. The average Bonchev–Trinajstić information content (AvgIpc) is 2.87. The standard InChI is InChI=1S/C12H19N5O3.ClH/c1-9(13)10-2-5-15(6-3-10)12(18)8-16-7-4-11(14-16)17(19)20;/h4,7,9-10H,2-3,5-6,8,13H2,1H3;1H. The maximum atomic E-state index is 12.1. The van der Waals surface area contributed by atoms with Gasteiger partial charge < -0.3 is 20.7 Å². The predicted molar refractivity (Wildman–Crippen MR) is 79.1 cm³/mol. The molecule has 1 amide bonds. The summed E-state index contributed by atoms with van der Waals surface area (Å²) in [6.45, 7) is 3.41. The molecule has 8 nitrogen and oxygen atoms in total. The summed E-state index contributed by atoms with van der Waals surface area (Å²) in [5.41, 5.74) is 5.86. The van der Waals surface area contributed by atoms with Crippen molar-refractivity contribution < 1.29 is 9.72 Å². The number of piperidine rings is 1. The van der Waals surface area contributed by atoms with E-state index in [4.69, 9.17) is 5.73 Å². The van der Waals surface area contributed by atoms with Crippen LogP contribution in [0.3, 0.4) is 0 Å². The number of hydrogen-bond donors (Lipinski definition) is 1. The number of halogens is 1. The fourth-order valence-corrected chi connectivity index (χ4v) is 2.45. The molecule has 1 saturated heterocycles. The monoisotopic (exact) mass is 317 g/mol. The van der Waals surface area contributed by atoms with Gasteiger partial charge >= 0.3 is 5.82 Å². The van der Waals surface area contributed by atoms with E-state index in [1.54, 1.807) is 4.90 Å². The highest BCUT2D eigenvalue weighted by molar-refractivity contribution is 5.85. The van der Waals surface area contributed by atoms with E-state index in [2.05, 4.69) is 5.10 Å². The summed E-state index contributed by atoms with van der Waals surface area (Å²) in [5.74, 6) is 0.157. The Balaban J connectivity index is 0.00000220. The molecule has 0 aromatic carbocycles. The van der Waals surface area contributed by atoms with E-state index in [0.717, 1.165) is 12.8 Å². The highest BCUT2D eigenvalue weighted by atomic mass is 35.5. The van der Waals surface area contributed by atoms with E-state index >= 15 is 0 Å². The van der Waals surface area contributed by atoms with Gasteiger partial charge in [-0.15, -0.1) is 12.4 Å². The zero-order valence-corrected chi connectivity index (χ0v) is 12.7. The van der Waals surface area contributed by atoms with Crippen LogP contribution in [0.15, 0.2) is 12.3 Å². The molecule has 1 aromatic rings. The summed E-state index contributed by atoms with van der Waals surface area (Å²) in [7, 11) is 0. The zero-order chi connectivity index (χ0) is 14.7. The van der Waals surface area contributed by atoms with Gasteiger partial charge in [0.25, 0.3) is 0 Å². The first-order valence-corrected chi connectivity index (χ1v) is 6.68. The van der Waals surface area contributed by atoms with Crippen LogP contribution < -0.4 is 5.73 Å². The molecular weight excluding hydrogens is 298 g/mol. The van der Waals surface area contributed by atoms with Crippen LogP contribution in [0.2, 0.25) is 0 Å². The molecule has 1 atom stereocenters. The number of rotatable bonds is 4. The Kier molecular flexibility index (Phi) is 6.10. The normalized spacial score (nSPS) is 17.1. The molecule has 1 aliphatic rings. The minimum Gasteiger partial charge on any atom is -0.358 e. The van der Waals surface area contributed by atoms with Gasteiger partial charge in [0.15, 0.2) is 0 Å². The molecule has 118 valence electrons. The van der Waals surface area contributed by atoms with Crippen LogP contribution in [0.25, 0.3) is 0 Å². The molecule has 21 heavy (non-hydrogen) atoms. The molecule has 1 aromatic heterocycles. The SMILES string of the molecule is CC(N)C1CCN(C(=O)Cn2ccc([N+](=O)[O-])n2)CC1.Cl. The topological polar surface area (TPSA) is 107 Å². The molecule has 2 N–H and O–H groups in total. The maximum absolute atomic E-state index is 12.1. The summed E-state index contributed by atoms with van der Waals surface area (Å²) in [6, 6.07) is 1.44. The van der Waals surface area contributed by atoms with Gasteiger partial charge in [-0.1, -0.05) is 0 Å². The van der Waals surface area contributed by atoms with Crippen molar-refractivity contribution in [3.05, 3.63) is 22.4 Å². The Bertz CT molecular complexity index is 497. The van der Waals surface area contributed by atoms with Gasteiger partial charge in [0.1, 0.15) is 6.54 Å². The summed E-state index contributed by atoms with van der Waals surface area (Å²) in [4.78, 5) is 23.8. The summed E-state index contributed by atoms with van der Waals surface area (Å²) in [6.07, 6.45) is 3.26. The van der Waals surface area contributed by atoms with Crippen molar-refractivity contribution >= 4 is 24.1 Å². The molecule has 2 rings (SSSR count). The fourth-order valence-electron chi connectivity index (χ4n) is 2.45. The Morgan fingerprint density at radius 1 is 1.57 bits per heavy atom. The highest BCUT2D eigenvalue weighted by Gasteiger charge is 2.25. The van der Waals surface area contributed by atoms with Crippen molar-refractivity contribution in [3.63, 3.8) is 0 Å². The van der Waals surface area contributed by atoms with E-state index in [-0.39, 0.29) is 36.7 Å². The third-order valence-electron chi connectivity index (χ3n) is 3.75. The Morgan fingerprint density at radius 3 is 2.67 bits per heavy atom. The number of nitro groups is 1. The van der Waals surface area contributed by atoms with E-state index < -0.39 is 4.92 Å². The third-order valence-corrected chi connectivity index (χ3v) is 3.75. The first kappa shape index (κ1) is 17.4. The number of nitrogens with zero attached hydrogens (tertiary/aromatic N) is 4. The molecule has 9 heteroatoms. The lowest BCUT2D eigenvalue weighted by molar-refractivity contribution is -0.389. The Hall–Kier alpha value is -1.67. The summed E-state index contributed by atoms with van der Waals surface area (Å²) >= 11 is 0. The molecule has 1 unspecified atom stereocenters. The zero-order valence-electron chi connectivity index (χ0n) is 11.8. The van der Waals surface area contributed by atoms with Crippen LogP contribution in [0.5, 0.6) is 0 Å². The smallest absolute Gasteiger partial charge is 0.358 e. The van der Waals surface area contributed by atoms with Crippen LogP contribution in [-0.4, -0.2) is 44.6 Å². The summed E-state index contributed by atoms with van der Waals surface area (Å²) in [5, 5.41) is 14.3. The quantitative estimate of drug-likeness (QED) is 0.652. The second-order valence-corrected chi connectivity index (χ2v) is 5.21. The maximum Gasteiger partial charge on any atom is 0.389 e. The van der Waals surface area contributed by atoms with E-state index in [0.29, 0.717) is 19.0 Å². The molecule has 0 radical (unpaired) electrons. The third kappa shape index (κ3) is 4.40. The Labute approximate surface area is 128 Å². The number of carbonyl (C=O) groups is 1. The van der Waals surface area contributed by atoms with Crippen molar-refractivity contribution in [2.75, 3.05) is 13.1 Å². The van der Waals surface area contributed by atoms with Gasteiger partial charge in [0.05, 0.1) is 17.4 Å².